The summed E-state index contributed by atoms with van der Waals surface area (Å²) in [6.45, 7) is 4.49. The Morgan fingerprint density at radius 1 is 1.16 bits per heavy atom. The first-order valence-corrected chi connectivity index (χ1v) is 9.84. The van der Waals surface area contributed by atoms with Crippen molar-refractivity contribution < 1.29 is 13.2 Å². The lowest BCUT2D eigenvalue weighted by molar-refractivity contribution is 0.0730. The second-order valence-corrected chi connectivity index (χ2v) is 7.94. The van der Waals surface area contributed by atoms with E-state index in [1.54, 1.807) is 12.1 Å². The minimum atomic E-state index is -3.48. The maximum absolute atomic E-state index is 12.5. The molecule has 1 aromatic heterocycles. The number of hydrogen-bond donors (Lipinski definition) is 1. The largest absolute Gasteiger partial charge is 0.379 e. The quantitative estimate of drug-likeness (QED) is 0.853. The molecule has 1 saturated heterocycles. The summed E-state index contributed by atoms with van der Waals surface area (Å²) >= 11 is 0. The van der Waals surface area contributed by atoms with Crippen LogP contribution in [0.5, 0.6) is 0 Å². The van der Waals surface area contributed by atoms with E-state index in [4.69, 9.17) is 4.74 Å². The molecule has 0 amide bonds. The first-order chi connectivity index (χ1) is 12.1. The van der Waals surface area contributed by atoms with Crippen LogP contribution in [-0.4, -0.2) is 50.6 Å². The van der Waals surface area contributed by atoms with Gasteiger partial charge in [0.1, 0.15) is 10.7 Å². The van der Waals surface area contributed by atoms with E-state index in [1.807, 2.05) is 12.1 Å². The van der Waals surface area contributed by atoms with E-state index in [9.17, 15) is 8.42 Å². The molecule has 1 aliphatic heterocycles. The molecule has 0 radical (unpaired) electrons. The number of nitrogens with zero attached hydrogens (tertiary/aromatic N) is 2. The molecule has 0 unspecified atom stereocenters. The topological polar surface area (TPSA) is 71.5 Å². The Labute approximate surface area is 148 Å². The first-order valence-electron chi connectivity index (χ1n) is 8.40. The first kappa shape index (κ1) is 17.8. The highest BCUT2D eigenvalue weighted by Gasteiger charge is 2.26. The fourth-order valence-corrected chi connectivity index (χ4v) is 4.14. The average molecular weight is 361 g/mol. The van der Waals surface area contributed by atoms with E-state index in [1.165, 1.54) is 21.6 Å². The molecule has 25 heavy (non-hydrogen) atoms. The zero-order valence-corrected chi connectivity index (χ0v) is 15.1. The maximum atomic E-state index is 12.5. The molecule has 1 N–H and O–H groups in total. The zero-order chi connectivity index (χ0) is 17.7. The number of aryl methyl sites for hydroxylation is 1. The second kappa shape index (κ2) is 7.95. The molecule has 0 saturated carbocycles. The molecular weight excluding hydrogens is 338 g/mol. The number of aromatic nitrogens is 1. The minimum absolute atomic E-state index is 0.221. The van der Waals surface area contributed by atoms with Gasteiger partial charge in [0, 0.05) is 25.8 Å². The third-order valence-corrected chi connectivity index (χ3v) is 6.19. The molecular formula is C18H23N3O3S. The fourth-order valence-electron chi connectivity index (χ4n) is 2.79. The molecule has 6 nitrogen and oxygen atoms in total. The van der Waals surface area contributed by atoms with Gasteiger partial charge in [0.15, 0.2) is 0 Å². The van der Waals surface area contributed by atoms with Crippen LogP contribution in [0.1, 0.15) is 11.1 Å². The molecule has 2 aromatic rings. The Hall–Kier alpha value is -1.96. The lowest BCUT2D eigenvalue weighted by Gasteiger charge is -2.25. The van der Waals surface area contributed by atoms with Gasteiger partial charge in [0.05, 0.1) is 13.2 Å². The highest BCUT2D eigenvalue weighted by molar-refractivity contribution is 7.89. The number of sulfonamides is 1. The summed E-state index contributed by atoms with van der Waals surface area (Å²) < 4.78 is 31.7. The number of pyridine rings is 1. The number of morpholine rings is 1. The van der Waals surface area contributed by atoms with E-state index in [-0.39, 0.29) is 4.90 Å². The SMILES string of the molecule is Cc1ccccc1CCNc1ccc(S(=O)(=O)N2CCOCC2)cn1. The van der Waals surface area contributed by atoms with E-state index < -0.39 is 10.0 Å². The lowest BCUT2D eigenvalue weighted by atomic mass is 10.1. The van der Waals surface area contributed by atoms with Crippen LogP contribution in [0, 0.1) is 6.92 Å². The van der Waals surface area contributed by atoms with Crippen molar-refractivity contribution >= 4 is 15.8 Å². The fraction of sp³-hybridized carbons (Fsp3) is 0.389. The minimum Gasteiger partial charge on any atom is -0.379 e. The van der Waals surface area contributed by atoms with Crippen molar-refractivity contribution in [2.24, 2.45) is 0 Å². The lowest BCUT2D eigenvalue weighted by Crippen LogP contribution is -2.40. The number of nitrogens with one attached hydrogen (secondary N) is 1. The Morgan fingerprint density at radius 2 is 1.92 bits per heavy atom. The number of anilines is 1. The van der Waals surface area contributed by atoms with Gasteiger partial charge in [0.25, 0.3) is 0 Å². The van der Waals surface area contributed by atoms with Crippen LogP contribution in [-0.2, 0) is 21.2 Å². The molecule has 0 atom stereocenters. The van der Waals surface area contributed by atoms with Crippen molar-refractivity contribution in [2.45, 2.75) is 18.2 Å². The molecule has 0 bridgehead atoms. The van der Waals surface area contributed by atoms with Crippen LogP contribution in [0.25, 0.3) is 0 Å². The predicted molar refractivity (Wildman–Crippen MR) is 97.2 cm³/mol. The van der Waals surface area contributed by atoms with Gasteiger partial charge in [0.2, 0.25) is 10.0 Å². The number of ether oxygens (including phenoxy) is 1. The van der Waals surface area contributed by atoms with E-state index >= 15 is 0 Å². The third-order valence-electron chi connectivity index (χ3n) is 4.31. The van der Waals surface area contributed by atoms with Gasteiger partial charge in [-0.05, 0) is 36.6 Å². The predicted octanol–water partition coefficient (Wildman–Crippen LogP) is 2.07. The summed E-state index contributed by atoms with van der Waals surface area (Å²) in [6, 6.07) is 11.6. The standard InChI is InChI=1S/C18H23N3O3S/c1-15-4-2-3-5-16(15)8-9-19-18-7-6-17(14-20-18)25(22,23)21-10-12-24-13-11-21/h2-7,14H,8-13H2,1H3,(H,19,20). The maximum Gasteiger partial charge on any atom is 0.244 e. The molecule has 1 aliphatic rings. The van der Waals surface area contributed by atoms with Crippen LogP contribution in [0.15, 0.2) is 47.5 Å². The van der Waals surface area contributed by atoms with Gasteiger partial charge in [-0.2, -0.15) is 4.31 Å². The van der Waals surface area contributed by atoms with Crippen molar-refractivity contribution in [1.29, 1.82) is 0 Å². The van der Waals surface area contributed by atoms with Gasteiger partial charge in [-0.25, -0.2) is 13.4 Å². The van der Waals surface area contributed by atoms with Crippen molar-refractivity contribution in [3.05, 3.63) is 53.7 Å². The Morgan fingerprint density at radius 3 is 2.60 bits per heavy atom. The smallest absolute Gasteiger partial charge is 0.244 e. The molecule has 3 rings (SSSR count). The zero-order valence-electron chi connectivity index (χ0n) is 14.3. The Balaban J connectivity index is 1.59. The van der Waals surface area contributed by atoms with Gasteiger partial charge in [-0.1, -0.05) is 24.3 Å². The van der Waals surface area contributed by atoms with Crippen molar-refractivity contribution in [3.8, 4) is 0 Å². The van der Waals surface area contributed by atoms with E-state index in [0.717, 1.165) is 13.0 Å². The Bertz CT molecular complexity index is 801. The van der Waals surface area contributed by atoms with Crippen LogP contribution in [0.2, 0.25) is 0 Å². The van der Waals surface area contributed by atoms with Crippen LogP contribution < -0.4 is 5.32 Å². The van der Waals surface area contributed by atoms with Crippen LogP contribution >= 0.6 is 0 Å². The summed E-state index contributed by atoms with van der Waals surface area (Å²) in [5.74, 6) is 0.675. The summed E-state index contributed by atoms with van der Waals surface area (Å²) in [5, 5.41) is 3.24. The van der Waals surface area contributed by atoms with Gasteiger partial charge < -0.3 is 10.1 Å². The summed E-state index contributed by atoms with van der Waals surface area (Å²) in [4.78, 5) is 4.47. The number of benzene rings is 1. The third kappa shape index (κ3) is 4.36. The van der Waals surface area contributed by atoms with Crippen molar-refractivity contribution in [2.75, 3.05) is 38.2 Å². The Kier molecular flexibility index (Phi) is 5.67. The van der Waals surface area contributed by atoms with Gasteiger partial charge in [-0.15, -0.1) is 0 Å². The second-order valence-electron chi connectivity index (χ2n) is 6.00. The normalized spacial score (nSPS) is 15.9. The van der Waals surface area contributed by atoms with Gasteiger partial charge >= 0.3 is 0 Å². The molecule has 0 spiro atoms. The molecule has 134 valence electrons. The molecule has 2 heterocycles. The summed E-state index contributed by atoms with van der Waals surface area (Å²) in [7, 11) is -3.48. The molecule has 1 aromatic carbocycles. The van der Waals surface area contributed by atoms with E-state index in [2.05, 4.69) is 29.4 Å². The number of hydrogen-bond acceptors (Lipinski definition) is 5. The van der Waals surface area contributed by atoms with Crippen LogP contribution in [0.4, 0.5) is 5.82 Å². The van der Waals surface area contributed by atoms with E-state index in [0.29, 0.717) is 32.1 Å². The summed E-state index contributed by atoms with van der Waals surface area (Å²) in [6.07, 6.45) is 2.31. The number of rotatable bonds is 6. The summed E-state index contributed by atoms with van der Waals surface area (Å²) in [5.41, 5.74) is 2.56. The molecule has 1 fully saturated rings. The van der Waals surface area contributed by atoms with Gasteiger partial charge in [-0.3, -0.25) is 0 Å². The highest BCUT2D eigenvalue weighted by atomic mass is 32.2. The van der Waals surface area contributed by atoms with Crippen LogP contribution in [0.3, 0.4) is 0 Å². The molecule has 7 heteroatoms. The molecule has 0 aliphatic carbocycles. The van der Waals surface area contributed by atoms with Crippen molar-refractivity contribution in [1.82, 2.24) is 9.29 Å². The average Bonchev–Trinajstić information content (AvgIpc) is 2.64. The van der Waals surface area contributed by atoms with Crippen molar-refractivity contribution in [3.63, 3.8) is 0 Å². The monoisotopic (exact) mass is 361 g/mol. The highest BCUT2D eigenvalue weighted by Crippen LogP contribution is 2.17.